The lowest BCUT2D eigenvalue weighted by atomic mass is 9.86. The van der Waals surface area contributed by atoms with Crippen molar-refractivity contribution < 1.29 is 0 Å². The van der Waals surface area contributed by atoms with Crippen molar-refractivity contribution in [1.29, 1.82) is 0 Å². The molecule has 2 aliphatic rings. The number of likely N-dealkylation sites (tertiary alicyclic amines) is 1. The maximum atomic E-state index is 4.85. The summed E-state index contributed by atoms with van der Waals surface area (Å²) in [6, 6.07) is 0. The zero-order chi connectivity index (χ0) is 16.3. The van der Waals surface area contributed by atoms with Crippen LogP contribution in [-0.4, -0.2) is 49.6 Å². The molecule has 1 saturated carbocycles. The third-order valence-corrected chi connectivity index (χ3v) is 6.11. The zero-order valence-electron chi connectivity index (χ0n) is 15.0. The van der Waals surface area contributed by atoms with Gasteiger partial charge in [-0.05, 0) is 31.6 Å². The number of hydrogen-bond donors (Lipinski definition) is 1. The van der Waals surface area contributed by atoms with Crippen LogP contribution >= 0.6 is 35.3 Å². The van der Waals surface area contributed by atoms with E-state index in [1.165, 1.54) is 38.6 Å². The van der Waals surface area contributed by atoms with E-state index in [1.807, 2.05) is 19.0 Å². The summed E-state index contributed by atoms with van der Waals surface area (Å²) in [6.07, 6.45) is 6.96. The maximum absolute atomic E-state index is 4.85. The molecule has 5 nitrogen and oxygen atoms in total. The molecule has 24 heavy (non-hydrogen) atoms. The normalized spacial score (nSPS) is 19.6. The van der Waals surface area contributed by atoms with Gasteiger partial charge >= 0.3 is 0 Å². The van der Waals surface area contributed by atoms with Crippen LogP contribution < -0.4 is 10.2 Å². The molecule has 1 aromatic rings. The number of aliphatic imine (C=N–C) groups is 1. The molecule has 0 unspecified atom stereocenters. The fourth-order valence-electron chi connectivity index (χ4n) is 3.81. The number of anilines is 1. The molecule has 136 valence electrons. The lowest BCUT2D eigenvalue weighted by Gasteiger charge is -2.25. The second kappa shape index (κ2) is 8.69. The Hall–Kier alpha value is -0.570. The summed E-state index contributed by atoms with van der Waals surface area (Å²) in [6.45, 7) is 6.05. The number of nitrogens with one attached hydrogen (secondary N) is 1. The van der Waals surface area contributed by atoms with Crippen LogP contribution in [0.25, 0.3) is 0 Å². The molecule has 7 heteroatoms. The molecule has 1 aliphatic heterocycles. The molecule has 1 saturated heterocycles. The van der Waals surface area contributed by atoms with Crippen LogP contribution in [0, 0.1) is 5.41 Å². The Balaban J connectivity index is 0.00000208. The second-order valence-corrected chi connectivity index (χ2v) is 7.90. The van der Waals surface area contributed by atoms with E-state index < -0.39 is 0 Å². The first-order valence-electron chi connectivity index (χ1n) is 8.77. The van der Waals surface area contributed by atoms with Gasteiger partial charge in [-0.25, -0.2) is 9.98 Å². The van der Waals surface area contributed by atoms with Crippen LogP contribution in [0.4, 0.5) is 5.13 Å². The molecule has 1 N–H and O–H groups in total. The topological polar surface area (TPSA) is 43.8 Å². The highest BCUT2D eigenvalue weighted by Gasteiger charge is 2.41. The smallest absolute Gasteiger partial charge is 0.194 e. The van der Waals surface area contributed by atoms with E-state index in [9.17, 15) is 0 Å². The molecule has 0 atom stereocenters. The molecule has 1 spiro atoms. The van der Waals surface area contributed by atoms with E-state index in [1.54, 1.807) is 11.3 Å². The Morgan fingerprint density at radius 1 is 1.38 bits per heavy atom. The van der Waals surface area contributed by atoms with Gasteiger partial charge in [0.2, 0.25) is 0 Å². The van der Waals surface area contributed by atoms with Gasteiger partial charge in [0.05, 0.1) is 12.2 Å². The molecule has 1 aliphatic carbocycles. The molecule has 2 heterocycles. The number of halogens is 1. The summed E-state index contributed by atoms with van der Waals surface area (Å²) in [7, 11) is 4.06. The molecule has 0 amide bonds. The van der Waals surface area contributed by atoms with E-state index in [-0.39, 0.29) is 24.0 Å². The maximum Gasteiger partial charge on any atom is 0.194 e. The van der Waals surface area contributed by atoms with Gasteiger partial charge in [-0.2, -0.15) is 0 Å². The number of rotatable bonds is 4. The van der Waals surface area contributed by atoms with Gasteiger partial charge in [0.25, 0.3) is 0 Å². The van der Waals surface area contributed by atoms with Gasteiger partial charge in [0.1, 0.15) is 0 Å². The van der Waals surface area contributed by atoms with Gasteiger partial charge in [-0.3, -0.25) is 0 Å². The molecule has 0 radical (unpaired) electrons. The third kappa shape index (κ3) is 4.53. The summed E-state index contributed by atoms with van der Waals surface area (Å²) >= 11 is 1.68. The standard InChI is InChI=1S/C17H29N5S.HI/c1-4-18-15(19-11-14-12-23-16(20-14)21(2)3)22-10-9-17(13-22)7-5-6-8-17;/h12H,4-11,13H2,1-3H3,(H,18,19);1H. The molecular weight excluding hydrogens is 433 g/mol. The fraction of sp³-hybridized carbons (Fsp3) is 0.765. The quantitative estimate of drug-likeness (QED) is 0.422. The summed E-state index contributed by atoms with van der Waals surface area (Å²) in [5, 5.41) is 6.64. The van der Waals surface area contributed by atoms with Crippen molar-refractivity contribution >= 4 is 46.4 Å². The minimum Gasteiger partial charge on any atom is -0.357 e. The Morgan fingerprint density at radius 3 is 2.75 bits per heavy atom. The Bertz CT molecular complexity index is 551. The monoisotopic (exact) mass is 463 g/mol. The van der Waals surface area contributed by atoms with Crippen LogP contribution in [0.2, 0.25) is 0 Å². The van der Waals surface area contributed by atoms with E-state index >= 15 is 0 Å². The summed E-state index contributed by atoms with van der Waals surface area (Å²) in [4.78, 5) is 14.0. The van der Waals surface area contributed by atoms with Gasteiger partial charge in [-0.15, -0.1) is 35.3 Å². The van der Waals surface area contributed by atoms with Crippen molar-refractivity contribution in [2.45, 2.75) is 45.6 Å². The van der Waals surface area contributed by atoms with Crippen molar-refractivity contribution in [3.63, 3.8) is 0 Å². The highest BCUT2D eigenvalue weighted by molar-refractivity contribution is 14.0. The molecule has 3 rings (SSSR count). The first kappa shape index (κ1) is 19.8. The van der Waals surface area contributed by atoms with Gasteiger partial charge in [0, 0.05) is 39.1 Å². The van der Waals surface area contributed by atoms with Crippen LogP contribution in [0.15, 0.2) is 10.4 Å². The number of guanidine groups is 1. The average molecular weight is 463 g/mol. The van der Waals surface area contributed by atoms with Crippen LogP contribution in [0.1, 0.15) is 44.7 Å². The summed E-state index contributed by atoms with van der Waals surface area (Å²) in [5.74, 6) is 1.07. The molecular formula is C17H30IN5S. The fourth-order valence-corrected chi connectivity index (χ4v) is 4.55. The lowest BCUT2D eigenvalue weighted by molar-refractivity contribution is 0.309. The van der Waals surface area contributed by atoms with Crippen molar-refractivity contribution in [1.82, 2.24) is 15.2 Å². The molecule has 0 bridgehead atoms. The van der Waals surface area contributed by atoms with Crippen molar-refractivity contribution in [2.75, 3.05) is 38.6 Å². The van der Waals surface area contributed by atoms with E-state index in [0.717, 1.165) is 29.9 Å². The Labute approximate surface area is 166 Å². The number of hydrogen-bond acceptors (Lipinski definition) is 4. The zero-order valence-corrected chi connectivity index (χ0v) is 18.2. The van der Waals surface area contributed by atoms with Gasteiger partial charge in [-0.1, -0.05) is 12.8 Å². The molecule has 1 aromatic heterocycles. The van der Waals surface area contributed by atoms with E-state index in [2.05, 4.69) is 27.5 Å². The molecule has 0 aromatic carbocycles. The highest BCUT2D eigenvalue weighted by atomic mass is 127. The van der Waals surface area contributed by atoms with Gasteiger partial charge in [0.15, 0.2) is 11.1 Å². The number of thiazole rings is 1. The molecule has 2 fully saturated rings. The van der Waals surface area contributed by atoms with E-state index in [4.69, 9.17) is 4.99 Å². The Morgan fingerprint density at radius 2 is 2.12 bits per heavy atom. The average Bonchev–Trinajstić information content (AvgIpc) is 3.26. The number of nitrogens with zero attached hydrogens (tertiary/aromatic N) is 4. The predicted octanol–water partition coefficient (Wildman–Crippen LogP) is 3.56. The van der Waals surface area contributed by atoms with E-state index in [0.29, 0.717) is 12.0 Å². The first-order valence-corrected chi connectivity index (χ1v) is 9.65. The van der Waals surface area contributed by atoms with Crippen molar-refractivity contribution in [2.24, 2.45) is 10.4 Å². The number of aromatic nitrogens is 1. The largest absolute Gasteiger partial charge is 0.357 e. The van der Waals surface area contributed by atoms with Crippen LogP contribution in [0.3, 0.4) is 0 Å². The lowest BCUT2D eigenvalue weighted by Crippen LogP contribution is -2.41. The Kier molecular flexibility index (Phi) is 7.15. The second-order valence-electron chi connectivity index (χ2n) is 7.06. The minimum absolute atomic E-state index is 0. The van der Waals surface area contributed by atoms with Crippen molar-refractivity contribution in [3.8, 4) is 0 Å². The summed E-state index contributed by atoms with van der Waals surface area (Å²) < 4.78 is 0. The summed E-state index contributed by atoms with van der Waals surface area (Å²) in [5.41, 5.74) is 1.64. The van der Waals surface area contributed by atoms with Crippen LogP contribution in [0.5, 0.6) is 0 Å². The van der Waals surface area contributed by atoms with Crippen molar-refractivity contribution in [3.05, 3.63) is 11.1 Å². The van der Waals surface area contributed by atoms with Crippen LogP contribution in [-0.2, 0) is 6.54 Å². The highest BCUT2D eigenvalue weighted by Crippen LogP contribution is 2.45. The first-order chi connectivity index (χ1) is 11.1. The van der Waals surface area contributed by atoms with Gasteiger partial charge < -0.3 is 15.1 Å². The SMILES string of the molecule is CCNC(=NCc1csc(N(C)C)n1)N1CCC2(CCCC2)C1.I. The predicted molar refractivity (Wildman–Crippen MR) is 114 cm³/mol. The third-order valence-electron chi connectivity index (χ3n) is 5.05. The minimum atomic E-state index is 0.